The highest BCUT2D eigenvalue weighted by Gasteiger charge is 2.11. The predicted octanol–water partition coefficient (Wildman–Crippen LogP) is 2.66. The van der Waals surface area contributed by atoms with Crippen molar-refractivity contribution in [3.8, 4) is 5.75 Å². The number of methoxy groups -OCH3 is 1. The second-order valence-electron chi connectivity index (χ2n) is 5.00. The van der Waals surface area contributed by atoms with Crippen molar-refractivity contribution in [1.82, 2.24) is 10.9 Å². The molecule has 2 amide bonds. The van der Waals surface area contributed by atoms with Gasteiger partial charge < -0.3 is 4.74 Å². The number of carbonyl (C=O) groups is 2. The van der Waals surface area contributed by atoms with E-state index in [0.717, 1.165) is 11.1 Å². The molecule has 0 aromatic heterocycles. The largest absolute Gasteiger partial charge is 0.496 e. The highest BCUT2D eigenvalue weighted by molar-refractivity contribution is 6.30. The van der Waals surface area contributed by atoms with Gasteiger partial charge in [-0.2, -0.15) is 0 Å². The van der Waals surface area contributed by atoms with Crippen LogP contribution in [0.4, 0.5) is 0 Å². The van der Waals surface area contributed by atoms with E-state index in [9.17, 15) is 9.59 Å². The number of hydrogen-bond acceptors (Lipinski definition) is 3. The fraction of sp³-hybridized carbons (Fsp3) is 0.176. The lowest BCUT2D eigenvalue weighted by molar-refractivity contribution is -0.121. The van der Waals surface area contributed by atoms with Gasteiger partial charge in [0.05, 0.1) is 13.5 Å². The first-order chi connectivity index (χ1) is 11.0. The standard InChI is InChI=1S/C17H17ClN2O3/c1-11-6-7-15(23-2)13(8-11)10-16(21)19-20-17(22)12-4-3-5-14(18)9-12/h3-9H,10H2,1-2H3,(H,19,21)(H,20,22). The number of amides is 2. The molecule has 5 nitrogen and oxygen atoms in total. The zero-order valence-corrected chi connectivity index (χ0v) is 13.6. The minimum atomic E-state index is -0.433. The Bertz CT molecular complexity index is 732. The molecule has 0 heterocycles. The van der Waals surface area contributed by atoms with Crippen LogP contribution in [0, 0.1) is 6.92 Å². The summed E-state index contributed by atoms with van der Waals surface area (Å²) in [6.07, 6.45) is 0.0979. The smallest absolute Gasteiger partial charge is 0.269 e. The number of benzene rings is 2. The van der Waals surface area contributed by atoms with Gasteiger partial charge in [-0.25, -0.2) is 0 Å². The molecule has 0 aliphatic rings. The number of hydrazine groups is 1. The second kappa shape index (κ2) is 7.65. The molecule has 0 atom stereocenters. The van der Waals surface area contributed by atoms with Crippen molar-refractivity contribution in [2.24, 2.45) is 0 Å². The van der Waals surface area contributed by atoms with Gasteiger partial charge in [-0.3, -0.25) is 20.4 Å². The van der Waals surface area contributed by atoms with Gasteiger partial charge in [0.25, 0.3) is 5.91 Å². The molecule has 0 saturated heterocycles. The molecule has 0 aliphatic heterocycles. The van der Waals surface area contributed by atoms with Crippen molar-refractivity contribution >= 4 is 23.4 Å². The molecule has 2 aromatic carbocycles. The molecule has 0 fully saturated rings. The molecule has 0 radical (unpaired) electrons. The summed E-state index contributed by atoms with van der Waals surface area (Å²) >= 11 is 5.83. The lowest BCUT2D eigenvalue weighted by atomic mass is 10.1. The summed E-state index contributed by atoms with van der Waals surface area (Å²) in [7, 11) is 1.55. The summed E-state index contributed by atoms with van der Waals surface area (Å²) in [5, 5.41) is 0.452. The topological polar surface area (TPSA) is 67.4 Å². The molecule has 2 N–H and O–H groups in total. The predicted molar refractivity (Wildman–Crippen MR) is 88.5 cm³/mol. The molecule has 0 spiro atoms. The second-order valence-corrected chi connectivity index (χ2v) is 5.44. The van der Waals surface area contributed by atoms with Crippen LogP contribution in [0.1, 0.15) is 21.5 Å². The van der Waals surface area contributed by atoms with Gasteiger partial charge >= 0.3 is 0 Å². The van der Waals surface area contributed by atoms with Gasteiger partial charge in [-0.15, -0.1) is 0 Å². The zero-order valence-electron chi connectivity index (χ0n) is 12.9. The Morgan fingerprint density at radius 2 is 1.91 bits per heavy atom. The van der Waals surface area contributed by atoms with E-state index in [1.165, 1.54) is 6.07 Å². The first kappa shape index (κ1) is 16.8. The molecule has 120 valence electrons. The Balaban J connectivity index is 1.95. The number of carbonyl (C=O) groups excluding carboxylic acids is 2. The van der Waals surface area contributed by atoms with E-state index in [2.05, 4.69) is 10.9 Å². The highest BCUT2D eigenvalue weighted by atomic mass is 35.5. The van der Waals surface area contributed by atoms with E-state index in [-0.39, 0.29) is 12.3 Å². The third kappa shape index (κ3) is 4.72. The lowest BCUT2D eigenvalue weighted by Crippen LogP contribution is -2.42. The number of nitrogens with one attached hydrogen (secondary N) is 2. The van der Waals surface area contributed by atoms with Crippen LogP contribution in [0.2, 0.25) is 5.02 Å². The molecule has 0 saturated carbocycles. The fourth-order valence-electron chi connectivity index (χ4n) is 2.09. The van der Waals surface area contributed by atoms with E-state index in [1.54, 1.807) is 25.3 Å². The zero-order chi connectivity index (χ0) is 16.8. The summed E-state index contributed by atoms with van der Waals surface area (Å²) in [5.41, 5.74) is 6.89. The Morgan fingerprint density at radius 3 is 2.61 bits per heavy atom. The highest BCUT2D eigenvalue weighted by Crippen LogP contribution is 2.20. The van der Waals surface area contributed by atoms with E-state index in [1.807, 2.05) is 25.1 Å². The van der Waals surface area contributed by atoms with Gasteiger partial charge in [0.2, 0.25) is 5.91 Å². The third-order valence-electron chi connectivity index (χ3n) is 3.19. The average Bonchev–Trinajstić information content (AvgIpc) is 2.53. The molecule has 2 rings (SSSR count). The maximum atomic E-state index is 12.0. The monoisotopic (exact) mass is 332 g/mol. The summed E-state index contributed by atoms with van der Waals surface area (Å²) in [5.74, 6) is -0.145. The van der Waals surface area contributed by atoms with Gasteiger partial charge in [0.1, 0.15) is 5.75 Å². The van der Waals surface area contributed by atoms with E-state index < -0.39 is 5.91 Å². The minimum Gasteiger partial charge on any atom is -0.496 e. The van der Waals surface area contributed by atoms with Crippen molar-refractivity contribution in [1.29, 1.82) is 0 Å². The molecule has 0 aliphatic carbocycles. The van der Waals surface area contributed by atoms with Gasteiger partial charge in [0.15, 0.2) is 0 Å². The molecular formula is C17H17ClN2O3. The fourth-order valence-corrected chi connectivity index (χ4v) is 2.28. The molecule has 0 unspecified atom stereocenters. The van der Waals surface area contributed by atoms with Crippen LogP contribution in [0.3, 0.4) is 0 Å². The SMILES string of the molecule is COc1ccc(C)cc1CC(=O)NNC(=O)c1cccc(Cl)c1. The molecule has 23 heavy (non-hydrogen) atoms. The maximum absolute atomic E-state index is 12.0. The number of ether oxygens (including phenoxy) is 1. The summed E-state index contributed by atoms with van der Waals surface area (Å²) in [6, 6.07) is 12.0. The quantitative estimate of drug-likeness (QED) is 0.846. The Morgan fingerprint density at radius 1 is 1.13 bits per heavy atom. The first-order valence-electron chi connectivity index (χ1n) is 6.98. The van der Waals surface area contributed by atoms with Crippen LogP contribution in [0.5, 0.6) is 5.75 Å². The van der Waals surface area contributed by atoms with Crippen molar-refractivity contribution in [3.05, 3.63) is 64.2 Å². The Hall–Kier alpha value is -2.53. The van der Waals surface area contributed by atoms with Gasteiger partial charge in [-0.05, 0) is 31.2 Å². The van der Waals surface area contributed by atoms with Gasteiger partial charge in [0, 0.05) is 16.1 Å². The van der Waals surface area contributed by atoms with Crippen molar-refractivity contribution in [2.75, 3.05) is 7.11 Å². The van der Waals surface area contributed by atoms with Crippen molar-refractivity contribution < 1.29 is 14.3 Å². The molecule has 0 bridgehead atoms. The van der Waals surface area contributed by atoms with E-state index >= 15 is 0 Å². The van der Waals surface area contributed by atoms with Crippen molar-refractivity contribution in [2.45, 2.75) is 13.3 Å². The Labute approximate surface area is 139 Å². The summed E-state index contributed by atoms with van der Waals surface area (Å²) in [4.78, 5) is 23.9. The molecular weight excluding hydrogens is 316 g/mol. The van der Waals surface area contributed by atoms with Crippen LogP contribution < -0.4 is 15.6 Å². The number of halogens is 1. The van der Waals surface area contributed by atoms with Crippen molar-refractivity contribution in [3.63, 3.8) is 0 Å². The van der Waals surface area contributed by atoms with Crippen LogP contribution in [-0.4, -0.2) is 18.9 Å². The minimum absolute atomic E-state index is 0.0979. The lowest BCUT2D eigenvalue weighted by Gasteiger charge is -2.11. The van der Waals surface area contributed by atoms with E-state index in [4.69, 9.17) is 16.3 Å². The summed E-state index contributed by atoms with van der Waals surface area (Å²) in [6.45, 7) is 1.93. The summed E-state index contributed by atoms with van der Waals surface area (Å²) < 4.78 is 5.23. The van der Waals surface area contributed by atoms with Crippen LogP contribution in [0.25, 0.3) is 0 Å². The molecule has 2 aromatic rings. The average molecular weight is 333 g/mol. The van der Waals surface area contributed by atoms with Gasteiger partial charge in [-0.1, -0.05) is 35.4 Å². The van der Waals surface area contributed by atoms with Crippen LogP contribution >= 0.6 is 11.6 Å². The Kier molecular flexibility index (Phi) is 5.60. The number of rotatable bonds is 4. The maximum Gasteiger partial charge on any atom is 0.269 e. The van der Waals surface area contributed by atoms with E-state index in [0.29, 0.717) is 16.3 Å². The van der Waals surface area contributed by atoms with Crippen LogP contribution in [0.15, 0.2) is 42.5 Å². The normalized spacial score (nSPS) is 10.0. The number of aryl methyl sites for hydroxylation is 1. The first-order valence-corrected chi connectivity index (χ1v) is 7.35. The number of hydrogen-bond donors (Lipinski definition) is 2. The van der Waals surface area contributed by atoms with Crippen LogP contribution in [-0.2, 0) is 11.2 Å². The third-order valence-corrected chi connectivity index (χ3v) is 3.42. The molecule has 6 heteroatoms.